The van der Waals surface area contributed by atoms with Crippen LogP contribution in [0.5, 0.6) is 0 Å². The number of halogens is 2. The average molecular weight is 341 g/mol. The molecule has 22 heavy (non-hydrogen) atoms. The van der Waals surface area contributed by atoms with Gasteiger partial charge in [0, 0.05) is 31.9 Å². The molecule has 1 aromatic carbocycles. The van der Waals surface area contributed by atoms with Crippen molar-refractivity contribution in [1.82, 2.24) is 10.1 Å². The number of hydrogen-bond donors (Lipinski definition) is 0. The van der Waals surface area contributed by atoms with E-state index in [4.69, 9.17) is 32.5 Å². The van der Waals surface area contributed by atoms with Crippen LogP contribution >= 0.6 is 23.2 Å². The molecule has 0 spiro atoms. The van der Waals surface area contributed by atoms with Crippen LogP contribution in [-0.2, 0) is 4.74 Å². The molecule has 116 valence electrons. The molecule has 0 bridgehead atoms. The molecule has 0 atom stereocenters. The first-order valence-electron chi connectivity index (χ1n) is 6.32. The minimum absolute atomic E-state index is 0.176. The van der Waals surface area contributed by atoms with Crippen molar-refractivity contribution in [2.45, 2.75) is 0 Å². The van der Waals surface area contributed by atoms with Crippen LogP contribution in [0.25, 0.3) is 17.3 Å². The quantitative estimate of drug-likeness (QED) is 0.788. The number of ether oxygens (including phenoxy) is 1. The Kier molecular flexibility index (Phi) is 5.11. The molecule has 0 amide bonds. The van der Waals surface area contributed by atoms with Crippen LogP contribution in [0.4, 0.5) is 0 Å². The molecule has 5 nitrogen and oxygen atoms in total. The van der Waals surface area contributed by atoms with Gasteiger partial charge >= 0.3 is 5.97 Å². The lowest BCUT2D eigenvalue weighted by Gasteiger charge is -2.06. The Bertz CT molecular complexity index is 703. The lowest BCUT2D eigenvalue weighted by atomic mass is 10.1. The van der Waals surface area contributed by atoms with E-state index in [-0.39, 0.29) is 17.0 Å². The Hall–Kier alpha value is -1.98. The predicted molar refractivity (Wildman–Crippen MR) is 86.0 cm³/mol. The van der Waals surface area contributed by atoms with Crippen molar-refractivity contribution in [2.75, 3.05) is 21.2 Å². The summed E-state index contributed by atoms with van der Waals surface area (Å²) in [6, 6.07) is 5.03. The van der Waals surface area contributed by atoms with E-state index in [0.29, 0.717) is 15.6 Å². The summed E-state index contributed by atoms with van der Waals surface area (Å²) in [6.45, 7) is 0. The van der Waals surface area contributed by atoms with Crippen molar-refractivity contribution >= 4 is 35.2 Å². The summed E-state index contributed by atoms with van der Waals surface area (Å²) < 4.78 is 10.1. The normalized spacial score (nSPS) is 11.0. The van der Waals surface area contributed by atoms with Gasteiger partial charge in [0.05, 0.1) is 17.2 Å². The third kappa shape index (κ3) is 3.26. The second-order valence-electron chi connectivity index (χ2n) is 4.64. The first-order valence-corrected chi connectivity index (χ1v) is 7.08. The highest BCUT2D eigenvalue weighted by molar-refractivity contribution is 6.39. The van der Waals surface area contributed by atoms with Gasteiger partial charge in [0.25, 0.3) is 0 Å². The van der Waals surface area contributed by atoms with Crippen LogP contribution in [0.1, 0.15) is 16.1 Å². The number of esters is 1. The van der Waals surface area contributed by atoms with Crippen molar-refractivity contribution in [1.29, 1.82) is 0 Å². The third-order valence-electron chi connectivity index (χ3n) is 2.83. The Labute approximate surface area is 138 Å². The largest absolute Gasteiger partial charge is 0.465 e. The monoisotopic (exact) mass is 340 g/mol. The molecule has 7 heteroatoms. The van der Waals surface area contributed by atoms with Gasteiger partial charge in [-0.3, -0.25) is 0 Å². The Morgan fingerprint density at radius 1 is 1.32 bits per heavy atom. The molecule has 1 heterocycles. The van der Waals surface area contributed by atoms with E-state index < -0.39 is 5.97 Å². The average Bonchev–Trinajstić information content (AvgIpc) is 2.88. The molecule has 2 aromatic rings. The summed E-state index contributed by atoms with van der Waals surface area (Å²) in [6.07, 6.45) is 3.35. The molecule has 1 aromatic heterocycles. The van der Waals surface area contributed by atoms with Crippen LogP contribution in [0.3, 0.4) is 0 Å². The second kappa shape index (κ2) is 6.85. The van der Waals surface area contributed by atoms with Crippen molar-refractivity contribution in [3.05, 3.63) is 45.8 Å². The van der Waals surface area contributed by atoms with Crippen LogP contribution in [0, 0.1) is 0 Å². The van der Waals surface area contributed by atoms with Gasteiger partial charge in [-0.05, 0) is 12.1 Å². The minimum atomic E-state index is -0.578. The minimum Gasteiger partial charge on any atom is -0.465 e. The molecule has 0 saturated heterocycles. The zero-order valence-electron chi connectivity index (χ0n) is 12.3. The fourth-order valence-electron chi connectivity index (χ4n) is 1.83. The molecule has 0 aliphatic heterocycles. The maximum atomic E-state index is 12.1. The number of nitrogens with zero attached hydrogens (tertiary/aromatic N) is 2. The third-order valence-corrected chi connectivity index (χ3v) is 3.46. The second-order valence-corrected chi connectivity index (χ2v) is 5.45. The highest BCUT2D eigenvalue weighted by Crippen LogP contribution is 2.37. The van der Waals surface area contributed by atoms with E-state index in [1.165, 1.54) is 7.11 Å². The van der Waals surface area contributed by atoms with E-state index >= 15 is 0 Å². The first kappa shape index (κ1) is 16.4. The number of methoxy groups -OCH3 is 1. The van der Waals surface area contributed by atoms with Gasteiger partial charge in [-0.15, -0.1) is 0 Å². The molecule has 0 aliphatic rings. The van der Waals surface area contributed by atoms with E-state index in [1.807, 2.05) is 14.1 Å². The Morgan fingerprint density at radius 2 is 1.95 bits per heavy atom. The summed E-state index contributed by atoms with van der Waals surface area (Å²) >= 11 is 12.4. The smallest absolute Gasteiger partial charge is 0.344 e. The fraction of sp³-hybridized carbons (Fsp3) is 0.200. The maximum Gasteiger partial charge on any atom is 0.344 e. The van der Waals surface area contributed by atoms with Crippen molar-refractivity contribution in [2.24, 2.45) is 0 Å². The fourth-order valence-corrected chi connectivity index (χ4v) is 2.40. The first-order chi connectivity index (χ1) is 10.5. The number of carbonyl (C=O) groups is 1. The highest BCUT2D eigenvalue weighted by atomic mass is 35.5. The summed E-state index contributed by atoms with van der Waals surface area (Å²) in [7, 11) is 4.97. The predicted octanol–water partition coefficient (Wildman–Crippen LogP) is 3.97. The van der Waals surface area contributed by atoms with Gasteiger partial charge in [0.2, 0.25) is 0 Å². The highest BCUT2D eigenvalue weighted by Gasteiger charge is 2.26. The van der Waals surface area contributed by atoms with E-state index in [1.54, 1.807) is 35.4 Å². The van der Waals surface area contributed by atoms with Gasteiger partial charge in [0.1, 0.15) is 11.3 Å². The standard InChI is InChI=1S/C15H14Cl2N2O3/c1-19(2)8-7-11-13(15(20)21-3)14(18-22-11)12-9(16)5-4-6-10(12)17/h4-8H,1-3H3. The summed E-state index contributed by atoms with van der Waals surface area (Å²) in [5.74, 6) is -0.308. The molecular weight excluding hydrogens is 327 g/mol. The molecule has 0 aliphatic carbocycles. The topological polar surface area (TPSA) is 55.6 Å². The molecule has 0 fully saturated rings. The maximum absolute atomic E-state index is 12.1. The van der Waals surface area contributed by atoms with Crippen LogP contribution in [-0.4, -0.2) is 37.2 Å². The Balaban J connectivity index is 2.65. The summed E-state index contributed by atoms with van der Waals surface area (Å²) in [5.41, 5.74) is 0.857. The molecule has 0 unspecified atom stereocenters. The van der Waals surface area contributed by atoms with E-state index in [2.05, 4.69) is 5.16 Å². The molecule has 0 N–H and O–H groups in total. The van der Waals surface area contributed by atoms with Gasteiger partial charge < -0.3 is 14.2 Å². The van der Waals surface area contributed by atoms with Gasteiger partial charge in [-0.2, -0.15) is 0 Å². The number of benzene rings is 1. The van der Waals surface area contributed by atoms with Crippen LogP contribution < -0.4 is 0 Å². The number of aromatic nitrogens is 1. The number of rotatable bonds is 4. The van der Waals surface area contributed by atoms with Gasteiger partial charge in [-0.1, -0.05) is 34.4 Å². The van der Waals surface area contributed by atoms with Crippen LogP contribution in [0.2, 0.25) is 10.0 Å². The summed E-state index contributed by atoms with van der Waals surface area (Å²) in [5, 5.41) is 4.68. The lowest BCUT2D eigenvalue weighted by Crippen LogP contribution is -2.05. The lowest BCUT2D eigenvalue weighted by molar-refractivity contribution is 0.0600. The zero-order chi connectivity index (χ0) is 16.3. The van der Waals surface area contributed by atoms with Crippen LogP contribution in [0.15, 0.2) is 28.9 Å². The Morgan fingerprint density at radius 3 is 2.50 bits per heavy atom. The molecule has 2 rings (SSSR count). The molecular formula is C15H14Cl2N2O3. The van der Waals surface area contributed by atoms with Gasteiger partial charge in [0.15, 0.2) is 5.76 Å². The van der Waals surface area contributed by atoms with Crippen molar-refractivity contribution < 1.29 is 14.1 Å². The SMILES string of the molecule is COC(=O)c1c(-c2c(Cl)cccc2Cl)noc1C=CN(C)C. The summed E-state index contributed by atoms with van der Waals surface area (Å²) in [4.78, 5) is 13.9. The van der Waals surface area contributed by atoms with Crippen molar-refractivity contribution in [3.63, 3.8) is 0 Å². The number of carbonyl (C=O) groups excluding carboxylic acids is 1. The van der Waals surface area contributed by atoms with E-state index in [0.717, 1.165) is 0 Å². The zero-order valence-corrected chi connectivity index (χ0v) is 13.8. The van der Waals surface area contributed by atoms with E-state index in [9.17, 15) is 4.79 Å². The number of hydrogen-bond acceptors (Lipinski definition) is 5. The van der Waals surface area contributed by atoms with Crippen molar-refractivity contribution in [3.8, 4) is 11.3 Å². The molecule has 0 saturated carbocycles. The molecule has 0 radical (unpaired) electrons. The van der Waals surface area contributed by atoms with Gasteiger partial charge in [-0.25, -0.2) is 4.79 Å².